The van der Waals surface area contributed by atoms with Crippen molar-refractivity contribution < 1.29 is 27.6 Å². The number of carbonyl (C=O) groups is 4. The van der Waals surface area contributed by atoms with Crippen LogP contribution in [0.15, 0.2) is 83.8 Å². The van der Waals surface area contributed by atoms with Crippen LogP contribution in [0.25, 0.3) is 0 Å². The number of aryl methyl sites for hydroxylation is 1. The van der Waals surface area contributed by atoms with Crippen molar-refractivity contribution in [2.75, 3.05) is 6.54 Å². The van der Waals surface area contributed by atoms with Gasteiger partial charge in [0, 0.05) is 30.3 Å². The molecule has 1 aliphatic carbocycles. The largest absolute Gasteiger partial charge is 0.331 e. The Labute approximate surface area is 273 Å². The number of rotatable bonds is 13. The highest BCUT2D eigenvalue weighted by atomic mass is 35.5. The maximum atomic E-state index is 14.2. The summed E-state index contributed by atoms with van der Waals surface area (Å²) in [6.07, 6.45) is 1.43. The van der Waals surface area contributed by atoms with E-state index >= 15 is 0 Å². The van der Waals surface area contributed by atoms with Crippen molar-refractivity contribution >= 4 is 56.3 Å². The van der Waals surface area contributed by atoms with E-state index < -0.39 is 49.8 Å². The van der Waals surface area contributed by atoms with Gasteiger partial charge in [-0.3, -0.25) is 19.2 Å². The molecule has 1 heterocycles. The smallest absolute Gasteiger partial charge is 0.233 e. The monoisotopic (exact) mass is 667 g/mol. The molecule has 2 fully saturated rings. The van der Waals surface area contributed by atoms with Crippen LogP contribution in [0.2, 0.25) is 10.0 Å². The maximum Gasteiger partial charge on any atom is 0.233 e. The zero-order valence-corrected chi connectivity index (χ0v) is 27.3. The Balaban J connectivity index is 1.38. The number of Topliss-reactive ketones (excluding diaryl/α,β-unsaturated/α-hetero) is 3. The number of ketones is 3. The Morgan fingerprint density at radius 1 is 0.911 bits per heavy atom. The number of amides is 1. The van der Waals surface area contributed by atoms with E-state index in [0.717, 1.165) is 11.1 Å². The van der Waals surface area contributed by atoms with Crippen LogP contribution in [0.5, 0.6) is 0 Å². The molecule has 7 nitrogen and oxygen atoms in total. The van der Waals surface area contributed by atoms with Crippen molar-refractivity contribution in [2.45, 2.75) is 73.5 Å². The molecule has 0 bridgehead atoms. The lowest BCUT2D eigenvalue weighted by molar-refractivity contribution is -0.142. The zero-order valence-electron chi connectivity index (χ0n) is 25.0. The van der Waals surface area contributed by atoms with Crippen molar-refractivity contribution in [3.8, 4) is 0 Å². The van der Waals surface area contributed by atoms with Crippen LogP contribution < -0.4 is 0 Å². The molecule has 0 spiro atoms. The molecule has 3 aromatic rings. The molecular weight excluding hydrogens is 633 g/mol. The first kappa shape index (κ1) is 33.0. The van der Waals surface area contributed by atoms with Crippen LogP contribution in [0.1, 0.15) is 56.6 Å². The normalized spacial score (nSPS) is 19.6. The molecule has 236 valence electrons. The molecule has 0 aromatic heterocycles. The topological polar surface area (TPSA) is 106 Å². The number of sulfone groups is 1. The van der Waals surface area contributed by atoms with Crippen molar-refractivity contribution in [3.05, 3.63) is 100 Å². The number of hydrogen-bond acceptors (Lipinski definition) is 6. The van der Waals surface area contributed by atoms with Gasteiger partial charge in [-0.1, -0.05) is 84.7 Å². The van der Waals surface area contributed by atoms with Gasteiger partial charge in [0.25, 0.3) is 0 Å². The van der Waals surface area contributed by atoms with Gasteiger partial charge in [0.1, 0.15) is 0 Å². The fourth-order valence-electron chi connectivity index (χ4n) is 6.26. The predicted octanol–water partition coefficient (Wildman–Crippen LogP) is 6.22. The van der Waals surface area contributed by atoms with E-state index in [-0.39, 0.29) is 48.1 Å². The van der Waals surface area contributed by atoms with Gasteiger partial charge in [0.15, 0.2) is 21.4 Å². The lowest BCUT2D eigenvalue weighted by Gasteiger charge is -2.29. The number of nitrogens with zero attached hydrogens (tertiary/aromatic N) is 1. The minimum Gasteiger partial charge on any atom is -0.331 e. The first-order valence-electron chi connectivity index (χ1n) is 15.2. The summed E-state index contributed by atoms with van der Waals surface area (Å²) in [6, 6.07) is 21.4. The van der Waals surface area contributed by atoms with Gasteiger partial charge in [-0.05, 0) is 67.5 Å². The molecule has 1 aliphatic heterocycles. The quantitative estimate of drug-likeness (QED) is 0.200. The lowest BCUT2D eigenvalue weighted by Crippen LogP contribution is -2.46. The molecule has 1 saturated carbocycles. The highest BCUT2D eigenvalue weighted by Gasteiger charge is 2.57. The molecule has 5 rings (SSSR count). The lowest BCUT2D eigenvalue weighted by atomic mass is 9.88. The standard InChI is InChI=1S/C35H35Cl2NO6S/c1-2-24(33(41)30(39)17-12-23-8-4-3-5-9-23)20-31(40)29-21-27(45(43,44)32-11-7-6-10-28(32)37)22-38(29)34(42)35(18-19-35)25-13-15-26(36)16-14-25/h3-11,13-16,24,27,29H,2,12,17-22H2,1H3/t24-,27-,29+/m1/s1. The third-order valence-electron chi connectivity index (χ3n) is 9.10. The SMILES string of the molecule is CC[C@H](CC(=O)[C@@H]1C[C@@H](S(=O)(=O)c2ccccc2Cl)CN1C(=O)C1(c2ccc(Cl)cc2)CC1)C(=O)C(=O)CCc1ccccc1. The summed E-state index contributed by atoms with van der Waals surface area (Å²) < 4.78 is 27.6. The van der Waals surface area contributed by atoms with Gasteiger partial charge in [-0.2, -0.15) is 0 Å². The summed E-state index contributed by atoms with van der Waals surface area (Å²) in [4.78, 5) is 55.5. The van der Waals surface area contributed by atoms with Crippen molar-refractivity contribution in [3.63, 3.8) is 0 Å². The van der Waals surface area contributed by atoms with Gasteiger partial charge in [0.05, 0.1) is 26.6 Å². The van der Waals surface area contributed by atoms with Gasteiger partial charge >= 0.3 is 0 Å². The second-order valence-electron chi connectivity index (χ2n) is 11.9. The first-order chi connectivity index (χ1) is 21.5. The van der Waals surface area contributed by atoms with Crippen LogP contribution in [0.3, 0.4) is 0 Å². The molecule has 3 aromatic carbocycles. The molecular formula is C35H35Cl2NO6S. The van der Waals surface area contributed by atoms with E-state index in [1.165, 1.54) is 17.0 Å². The summed E-state index contributed by atoms with van der Waals surface area (Å²) in [5.41, 5.74) is 0.814. The fraction of sp³-hybridized carbons (Fsp3) is 0.371. The molecule has 0 unspecified atom stereocenters. The summed E-state index contributed by atoms with van der Waals surface area (Å²) in [5.74, 6) is -2.76. The van der Waals surface area contributed by atoms with E-state index in [0.29, 0.717) is 24.3 Å². The Kier molecular flexibility index (Phi) is 9.97. The Bertz CT molecular complexity index is 1700. The molecule has 1 amide bonds. The Morgan fingerprint density at radius 3 is 2.18 bits per heavy atom. The van der Waals surface area contributed by atoms with E-state index in [1.54, 1.807) is 43.3 Å². The summed E-state index contributed by atoms with van der Waals surface area (Å²) >= 11 is 12.4. The van der Waals surface area contributed by atoms with Gasteiger partial charge in [-0.15, -0.1) is 0 Å². The Hall–Kier alpha value is -3.33. The van der Waals surface area contributed by atoms with Gasteiger partial charge in [-0.25, -0.2) is 8.42 Å². The minimum atomic E-state index is -4.01. The summed E-state index contributed by atoms with van der Waals surface area (Å²) in [6.45, 7) is 1.56. The highest BCUT2D eigenvalue weighted by Crippen LogP contribution is 2.51. The zero-order chi connectivity index (χ0) is 32.4. The van der Waals surface area contributed by atoms with Crippen molar-refractivity contribution in [1.82, 2.24) is 4.90 Å². The Morgan fingerprint density at radius 2 is 1.56 bits per heavy atom. The number of halogens is 2. The van der Waals surface area contributed by atoms with Crippen LogP contribution in [-0.2, 0) is 40.9 Å². The van der Waals surface area contributed by atoms with E-state index in [9.17, 15) is 27.6 Å². The van der Waals surface area contributed by atoms with E-state index in [2.05, 4.69) is 0 Å². The second kappa shape index (κ2) is 13.6. The third kappa shape index (κ3) is 6.93. The fourth-order valence-corrected chi connectivity index (χ4v) is 8.60. The van der Waals surface area contributed by atoms with Crippen molar-refractivity contribution in [1.29, 1.82) is 0 Å². The molecule has 3 atom stereocenters. The van der Waals surface area contributed by atoms with Crippen LogP contribution in [0, 0.1) is 5.92 Å². The number of likely N-dealkylation sites (tertiary alicyclic amines) is 1. The van der Waals surface area contributed by atoms with E-state index in [1.807, 2.05) is 30.3 Å². The van der Waals surface area contributed by atoms with Crippen LogP contribution in [0.4, 0.5) is 0 Å². The predicted molar refractivity (Wildman–Crippen MR) is 173 cm³/mol. The molecule has 0 radical (unpaired) electrons. The molecule has 0 N–H and O–H groups in total. The molecule has 45 heavy (non-hydrogen) atoms. The average molecular weight is 669 g/mol. The molecule has 2 aliphatic rings. The van der Waals surface area contributed by atoms with Crippen molar-refractivity contribution in [2.24, 2.45) is 5.92 Å². The minimum absolute atomic E-state index is 0.0311. The highest BCUT2D eigenvalue weighted by molar-refractivity contribution is 7.92. The number of hydrogen-bond donors (Lipinski definition) is 0. The summed E-state index contributed by atoms with van der Waals surface area (Å²) in [7, 11) is -4.01. The third-order valence-corrected chi connectivity index (χ3v) is 12.0. The van der Waals surface area contributed by atoms with Gasteiger partial charge < -0.3 is 4.90 Å². The summed E-state index contributed by atoms with van der Waals surface area (Å²) in [5, 5.41) is -0.481. The molecule has 10 heteroatoms. The van der Waals surface area contributed by atoms with Crippen LogP contribution >= 0.6 is 23.2 Å². The molecule has 1 saturated heterocycles. The average Bonchev–Trinajstić information content (AvgIpc) is 3.72. The second-order valence-corrected chi connectivity index (χ2v) is 15.0. The van der Waals surface area contributed by atoms with Gasteiger partial charge in [0.2, 0.25) is 11.7 Å². The number of benzene rings is 3. The van der Waals surface area contributed by atoms with Crippen LogP contribution in [-0.4, -0.2) is 54.4 Å². The maximum absolute atomic E-state index is 14.2. The first-order valence-corrected chi connectivity index (χ1v) is 17.5. The number of carbonyl (C=O) groups excluding carboxylic acids is 4. The van der Waals surface area contributed by atoms with E-state index in [4.69, 9.17) is 23.2 Å².